The Kier molecular flexibility index (Phi) is 3.18. The summed E-state index contributed by atoms with van der Waals surface area (Å²) in [4.78, 5) is 8.99. The van der Waals surface area contributed by atoms with Gasteiger partial charge in [0.25, 0.3) is 0 Å². The van der Waals surface area contributed by atoms with Crippen LogP contribution >= 0.6 is 15.9 Å². The lowest BCUT2D eigenvalue weighted by atomic mass is 10.2. The van der Waals surface area contributed by atoms with Crippen molar-refractivity contribution in [1.82, 2.24) is 9.97 Å². The molecule has 0 spiro atoms. The number of hydrogen-bond acceptors (Lipinski definition) is 4. The second-order valence-corrected chi connectivity index (χ2v) is 5.72. The molecule has 2 atom stereocenters. The van der Waals surface area contributed by atoms with Crippen LogP contribution in [0.3, 0.4) is 0 Å². The predicted octanol–water partition coefficient (Wildman–Crippen LogP) is 2.68. The average molecular weight is 307 g/mol. The first-order valence-corrected chi connectivity index (χ1v) is 6.94. The number of nitrogens with two attached hydrogens (primary N) is 1. The fourth-order valence-electron chi connectivity index (χ4n) is 2.41. The molecule has 0 saturated heterocycles. The van der Waals surface area contributed by atoms with E-state index >= 15 is 0 Å². The molecule has 3 rings (SSSR count). The molecule has 2 aromatic rings. The number of halogens is 1. The smallest absolute Gasteiger partial charge is 0.145 e. The van der Waals surface area contributed by atoms with E-state index in [1.54, 1.807) is 6.20 Å². The van der Waals surface area contributed by atoms with Crippen LogP contribution in [0.1, 0.15) is 19.3 Å². The minimum Gasteiger partial charge on any atom is -0.366 e. The minimum atomic E-state index is 0.324. The molecule has 1 heterocycles. The van der Waals surface area contributed by atoms with Crippen molar-refractivity contribution < 1.29 is 0 Å². The number of anilines is 1. The zero-order valence-corrected chi connectivity index (χ0v) is 11.5. The SMILES string of the molecule is NC1CCC(Nc2cnc3ccc(Br)cc3n2)C1. The molecule has 1 aromatic carbocycles. The summed E-state index contributed by atoms with van der Waals surface area (Å²) in [6.07, 6.45) is 5.00. The van der Waals surface area contributed by atoms with Crippen LogP contribution in [-0.2, 0) is 0 Å². The number of nitrogens with one attached hydrogen (secondary N) is 1. The van der Waals surface area contributed by atoms with Crippen LogP contribution in [0, 0.1) is 0 Å². The first kappa shape index (κ1) is 11.9. The molecule has 94 valence electrons. The first-order valence-electron chi connectivity index (χ1n) is 6.15. The summed E-state index contributed by atoms with van der Waals surface area (Å²) < 4.78 is 1.02. The highest BCUT2D eigenvalue weighted by atomic mass is 79.9. The second kappa shape index (κ2) is 4.82. The van der Waals surface area contributed by atoms with Gasteiger partial charge >= 0.3 is 0 Å². The van der Waals surface area contributed by atoms with Crippen LogP contribution in [0.2, 0.25) is 0 Å². The van der Waals surface area contributed by atoms with Crippen LogP contribution < -0.4 is 11.1 Å². The first-order chi connectivity index (χ1) is 8.70. The molecule has 3 N–H and O–H groups in total. The van der Waals surface area contributed by atoms with Crippen molar-refractivity contribution in [1.29, 1.82) is 0 Å². The highest BCUT2D eigenvalue weighted by Gasteiger charge is 2.21. The van der Waals surface area contributed by atoms with E-state index in [1.165, 1.54) is 0 Å². The third-order valence-corrected chi connectivity index (χ3v) is 3.82. The number of rotatable bonds is 2. The zero-order valence-electron chi connectivity index (χ0n) is 9.94. The Morgan fingerprint density at radius 3 is 2.94 bits per heavy atom. The van der Waals surface area contributed by atoms with E-state index in [-0.39, 0.29) is 0 Å². The summed E-state index contributed by atoms with van der Waals surface area (Å²) in [5.41, 5.74) is 7.72. The number of hydrogen-bond donors (Lipinski definition) is 2. The zero-order chi connectivity index (χ0) is 12.5. The maximum absolute atomic E-state index is 5.91. The Morgan fingerprint density at radius 2 is 2.17 bits per heavy atom. The van der Waals surface area contributed by atoms with Gasteiger partial charge in [0, 0.05) is 16.6 Å². The van der Waals surface area contributed by atoms with Gasteiger partial charge < -0.3 is 11.1 Å². The van der Waals surface area contributed by atoms with Gasteiger partial charge in [-0.15, -0.1) is 0 Å². The maximum atomic E-state index is 5.91. The number of aromatic nitrogens is 2. The molecule has 0 amide bonds. The lowest BCUT2D eigenvalue weighted by Crippen LogP contribution is -2.21. The van der Waals surface area contributed by atoms with Gasteiger partial charge in [-0.05, 0) is 37.5 Å². The second-order valence-electron chi connectivity index (χ2n) is 4.80. The van der Waals surface area contributed by atoms with Gasteiger partial charge in [0.2, 0.25) is 0 Å². The average Bonchev–Trinajstić information content (AvgIpc) is 2.74. The van der Waals surface area contributed by atoms with Crippen molar-refractivity contribution >= 4 is 32.8 Å². The maximum Gasteiger partial charge on any atom is 0.145 e. The molecule has 1 aliphatic rings. The quantitative estimate of drug-likeness (QED) is 0.895. The van der Waals surface area contributed by atoms with Crippen LogP contribution in [0.15, 0.2) is 28.9 Å². The Morgan fingerprint density at radius 1 is 1.28 bits per heavy atom. The molecular weight excluding hydrogens is 292 g/mol. The van der Waals surface area contributed by atoms with E-state index in [0.717, 1.165) is 40.6 Å². The van der Waals surface area contributed by atoms with Crippen molar-refractivity contribution in [2.75, 3.05) is 5.32 Å². The van der Waals surface area contributed by atoms with Crippen molar-refractivity contribution in [3.8, 4) is 0 Å². The minimum absolute atomic E-state index is 0.324. The molecule has 18 heavy (non-hydrogen) atoms. The third kappa shape index (κ3) is 2.47. The van der Waals surface area contributed by atoms with E-state index in [9.17, 15) is 0 Å². The number of benzene rings is 1. The van der Waals surface area contributed by atoms with Gasteiger partial charge in [-0.25, -0.2) is 4.98 Å². The van der Waals surface area contributed by atoms with Crippen LogP contribution in [0.25, 0.3) is 11.0 Å². The summed E-state index contributed by atoms with van der Waals surface area (Å²) in [6.45, 7) is 0. The summed E-state index contributed by atoms with van der Waals surface area (Å²) in [5.74, 6) is 0.833. The molecular formula is C13H15BrN4. The Bertz CT molecular complexity index is 572. The Hall–Kier alpha value is -1.20. The van der Waals surface area contributed by atoms with Gasteiger partial charge in [0.15, 0.2) is 0 Å². The molecule has 1 aliphatic carbocycles. The molecule has 0 aliphatic heterocycles. The monoisotopic (exact) mass is 306 g/mol. The van der Waals surface area contributed by atoms with Gasteiger partial charge in [-0.2, -0.15) is 0 Å². The van der Waals surface area contributed by atoms with Crippen molar-refractivity contribution in [2.24, 2.45) is 5.73 Å². The molecule has 4 nitrogen and oxygen atoms in total. The van der Waals surface area contributed by atoms with Crippen LogP contribution in [0.5, 0.6) is 0 Å². The van der Waals surface area contributed by atoms with E-state index in [4.69, 9.17) is 5.73 Å². The summed E-state index contributed by atoms with van der Waals surface area (Å²) in [6, 6.07) is 6.67. The molecule has 1 fully saturated rings. The van der Waals surface area contributed by atoms with Gasteiger partial charge in [-0.3, -0.25) is 4.98 Å². The van der Waals surface area contributed by atoms with Crippen molar-refractivity contribution in [3.63, 3.8) is 0 Å². The highest BCUT2D eigenvalue weighted by molar-refractivity contribution is 9.10. The Labute approximate surface area is 114 Å². The number of nitrogens with zero attached hydrogens (tertiary/aromatic N) is 2. The van der Waals surface area contributed by atoms with Crippen LogP contribution in [-0.4, -0.2) is 22.1 Å². The molecule has 2 unspecified atom stereocenters. The predicted molar refractivity (Wildman–Crippen MR) is 76.5 cm³/mol. The molecule has 0 radical (unpaired) electrons. The number of fused-ring (bicyclic) bond motifs is 1. The fraction of sp³-hybridized carbons (Fsp3) is 0.385. The van der Waals surface area contributed by atoms with E-state index < -0.39 is 0 Å². The summed E-state index contributed by atoms with van der Waals surface area (Å²) in [7, 11) is 0. The van der Waals surface area contributed by atoms with Crippen molar-refractivity contribution in [3.05, 3.63) is 28.9 Å². The van der Waals surface area contributed by atoms with E-state index in [1.807, 2.05) is 18.2 Å². The summed E-state index contributed by atoms with van der Waals surface area (Å²) in [5, 5.41) is 3.41. The lowest BCUT2D eigenvalue weighted by Gasteiger charge is -2.13. The van der Waals surface area contributed by atoms with Gasteiger partial charge in [-0.1, -0.05) is 15.9 Å². The lowest BCUT2D eigenvalue weighted by molar-refractivity contribution is 0.686. The van der Waals surface area contributed by atoms with Crippen LogP contribution in [0.4, 0.5) is 5.82 Å². The van der Waals surface area contributed by atoms with Crippen molar-refractivity contribution in [2.45, 2.75) is 31.3 Å². The largest absolute Gasteiger partial charge is 0.366 e. The topological polar surface area (TPSA) is 63.8 Å². The van der Waals surface area contributed by atoms with E-state index in [0.29, 0.717) is 12.1 Å². The molecule has 5 heteroatoms. The highest BCUT2D eigenvalue weighted by Crippen LogP contribution is 2.22. The third-order valence-electron chi connectivity index (χ3n) is 3.33. The van der Waals surface area contributed by atoms with Gasteiger partial charge in [0.1, 0.15) is 5.82 Å². The Balaban J connectivity index is 1.84. The van der Waals surface area contributed by atoms with E-state index in [2.05, 4.69) is 31.2 Å². The standard InChI is InChI=1S/C13H15BrN4/c14-8-1-4-11-12(5-8)18-13(7-16-11)17-10-3-2-9(15)6-10/h1,4-5,7,9-10H,2-3,6,15H2,(H,17,18). The molecule has 1 aromatic heterocycles. The fourth-order valence-corrected chi connectivity index (χ4v) is 2.76. The van der Waals surface area contributed by atoms with Gasteiger partial charge in [0.05, 0.1) is 17.2 Å². The summed E-state index contributed by atoms with van der Waals surface area (Å²) >= 11 is 3.45. The molecule has 0 bridgehead atoms. The normalized spacial score (nSPS) is 23.4. The molecule has 1 saturated carbocycles.